The van der Waals surface area contributed by atoms with Gasteiger partial charge in [0.25, 0.3) is 0 Å². The second-order valence-electron chi connectivity index (χ2n) is 4.09. The molecule has 1 fully saturated rings. The number of rotatable bonds is 1. The van der Waals surface area contributed by atoms with Crippen LogP contribution in [0.25, 0.3) is 10.9 Å². The highest BCUT2D eigenvalue weighted by molar-refractivity contribution is 6.35. The van der Waals surface area contributed by atoms with Crippen molar-refractivity contribution >= 4 is 28.2 Å². The Morgan fingerprint density at radius 2 is 2.00 bits per heavy atom. The molecule has 0 bridgehead atoms. The number of halogens is 1. The predicted octanol–water partition coefficient (Wildman–Crippen LogP) is 2.72. The van der Waals surface area contributed by atoms with Gasteiger partial charge < -0.3 is 9.64 Å². The Morgan fingerprint density at radius 3 is 2.82 bits per heavy atom. The van der Waals surface area contributed by atoms with Crippen LogP contribution in [0, 0.1) is 0 Å². The smallest absolute Gasteiger partial charge is 0.0718 e. The fourth-order valence-corrected chi connectivity index (χ4v) is 2.33. The van der Waals surface area contributed by atoms with E-state index < -0.39 is 0 Å². The van der Waals surface area contributed by atoms with Crippen LogP contribution in [0.1, 0.15) is 0 Å². The highest BCUT2D eigenvalue weighted by Crippen LogP contribution is 2.26. The molecule has 88 valence electrons. The van der Waals surface area contributed by atoms with Gasteiger partial charge in [0.1, 0.15) is 0 Å². The van der Waals surface area contributed by atoms with E-state index in [-0.39, 0.29) is 0 Å². The molecule has 3 nitrogen and oxygen atoms in total. The van der Waals surface area contributed by atoms with Crippen LogP contribution in [0.2, 0.25) is 5.02 Å². The molecule has 0 spiro atoms. The van der Waals surface area contributed by atoms with Crippen molar-refractivity contribution < 1.29 is 4.74 Å². The standard InChI is InChI=1S/C13H13ClN2O/c14-12-3-4-15-13-2-1-10(9-11(12)13)16-5-7-17-8-6-16/h1-4,9H,5-8H2. The molecule has 2 aromatic rings. The molecule has 0 radical (unpaired) electrons. The maximum Gasteiger partial charge on any atom is 0.0718 e. The number of fused-ring (bicyclic) bond motifs is 1. The Labute approximate surface area is 105 Å². The van der Waals surface area contributed by atoms with Crippen molar-refractivity contribution in [2.24, 2.45) is 0 Å². The summed E-state index contributed by atoms with van der Waals surface area (Å²) in [7, 11) is 0. The van der Waals surface area contributed by atoms with Gasteiger partial charge in [-0.05, 0) is 24.3 Å². The molecular weight excluding hydrogens is 236 g/mol. The van der Waals surface area contributed by atoms with Crippen molar-refractivity contribution in [1.29, 1.82) is 0 Å². The van der Waals surface area contributed by atoms with Gasteiger partial charge in [0, 0.05) is 30.4 Å². The van der Waals surface area contributed by atoms with Crippen LogP contribution < -0.4 is 4.90 Å². The topological polar surface area (TPSA) is 25.4 Å². The van der Waals surface area contributed by atoms with Gasteiger partial charge in [0.15, 0.2) is 0 Å². The summed E-state index contributed by atoms with van der Waals surface area (Å²) in [4.78, 5) is 6.61. The minimum Gasteiger partial charge on any atom is -0.378 e. The number of ether oxygens (including phenoxy) is 1. The molecule has 1 aliphatic heterocycles. The highest BCUT2D eigenvalue weighted by Gasteiger charge is 2.12. The van der Waals surface area contributed by atoms with E-state index in [4.69, 9.17) is 16.3 Å². The van der Waals surface area contributed by atoms with Gasteiger partial charge in [0.2, 0.25) is 0 Å². The number of pyridine rings is 1. The van der Waals surface area contributed by atoms with Gasteiger partial charge in [-0.3, -0.25) is 4.98 Å². The summed E-state index contributed by atoms with van der Waals surface area (Å²) in [5.74, 6) is 0. The lowest BCUT2D eigenvalue weighted by Gasteiger charge is -2.29. The molecule has 0 N–H and O–H groups in total. The Hall–Kier alpha value is -1.32. The van der Waals surface area contributed by atoms with E-state index in [0.29, 0.717) is 0 Å². The first-order valence-electron chi connectivity index (χ1n) is 5.71. The minimum atomic E-state index is 0.755. The number of hydrogen-bond acceptors (Lipinski definition) is 3. The summed E-state index contributed by atoms with van der Waals surface area (Å²) in [5, 5.41) is 1.77. The Morgan fingerprint density at radius 1 is 1.18 bits per heavy atom. The van der Waals surface area contributed by atoms with Crippen molar-refractivity contribution in [3.8, 4) is 0 Å². The summed E-state index contributed by atoms with van der Waals surface area (Å²) in [6.07, 6.45) is 1.74. The predicted molar refractivity (Wildman–Crippen MR) is 69.8 cm³/mol. The van der Waals surface area contributed by atoms with Crippen LogP contribution in [-0.4, -0.2) is 31.3 Å². The molecule has 1 aromatic carbocycles. The Kier molecular flexibility index (Phi) is 2.87. The molecule has 2 heterocycles. The summed E-state index contributed by atoms with van der Waals surface area (Å²) in [5.41, 5.74) is 2.13. The van der Waals surface area contributed by atoms with E-state index in [1.807, 2.05) is 12.1 Å². The van der Waals surface area contributed by atoms with Crippen LogP contribution in [0.4, 0.5) is 5.69 Å². The average molecular weight is 249 g/mol. The molecule has 1 aromatic heterocycles. The second kappa shape index (κ2) is 4.51. The number of benzene rings is 1. The zero-order valence-electron chi connectivity index (χ0n) is 9.40. The van der Waals surface area contributed by atoms with E-state index in [1.54, 1.807) is 6.20 Å². The SMILES string of the molecule is Clc1ccnc2ccc(N3CCOCC3)cc12. The number of hydrogen-bond donors (Lipinski definition) is 0. The summed E-state index contributed by atoms with van der Waals surface area (Å²) in [6.45, 7) is 3.45. The van der Waals surface area contributed by atoms with E-state index in [2.05, 4.69) is 22.0 Å². The van der Waals surface area contributed by atoms with Gasteiger partial charge in [0.05, 0.1) is 23.8 Å². The first-order chi connectivity index (χ1) is 8.34. The maximum absolute atomic E-state index is 6.18. The highest BCUT2D eigenvalue weighted by atomic mass is 35.5. The lowest BCUT2D eigenvalue weighted by atomic mass is 10.2. The zero-order chi connectivity index (χ0) is 11.7. The Bertz CT molecular complexity index is 538. The monoisotopic (exact) mass is 248 g/mol. The lowest BCUT2D eigenvalue weighted by molar-refractivity contribution is 0.122. The molecule has 17 heavy (non-hydrogen) atoms. The number of morpholine rings is 1. The van der Waals surface area contributed by atoms with Crippen LogP contribution in [0.3, 0.4) is 0 Å². The normalized spacial score (nSPS) is 16.4. The van der Waals surface area contributed by atoms with Crippen molar-refractivity contribution in [2.45, 2.75) is 0 Å². The molecular formula is C13H13ClN2O. The lowest BCUT2D eigenvalue weighted by Crippen LogP contribution is -2.36. The Balaban J connectivity index is 2.03. The van der Waals surface area contributed by atoms with Crippen molar-refractivity contribution in [3.05, 3.63) is 35.5 Å². The van der Waals surface area contributed by atoms with Gasteiger partial charge in [-0.25, -0.2) is 0 Å². The van der Waals surface area contributed by atoms with Gasteiger partial charge in [-0.15, -0.1) is 0 Å². The minimum absolute atomic E-state index is 0.755. The van der Waals surface area contributed by atoms with Crippen molar-refractivity contribution in [2.75, 3.05) is 31.2 Å². The molecule has 4 heteroatoms. The molecule has 3 rings (SSSR count). The molecule has 1 aliphatic rings. The number of nitrogens with zero attached hydrogens (tertiary/aromatic N) is 2. The second-order valence-corrected chi connectivity index (χ2v) is 4.50. The van der Waals surface area contributed by atoms with Gasteiger partial charge in [-0.1, -0.05) is 11.6 Å². The van der Waals surface area contributed by atoms with E-state index in [1.165, 1.54) is 5.69 Å². The van der Waals surface area contributed by atoms with E-state index >= 15 is 0 Å². The fraction of sp³-hybridized carbons (Fsp3) is 0.308. The van der Waals surface area contributed by atoms with Gasteiger partial charge >= 0.3 is 0 Å². The molecule has 0 saturated carbocycles. The summed E-state index contributed by atoms with van der Waals surface area (Å²) >= 11 is 6.18. The van der Waals surface area contributed by atoms with Crippen LogP contribution in [0.15, 0.2) is 30.5 Å². The third kappa shape index (κ3) is 2.08. The fourth-order valence-electron chi connectivity index (χ4n) is 2.12. The molecule has 0 atom stereocenters. The largest absolute Gasteiger partial charge is 0.378 e. The van der Waals surface area contributed by atoms with Crippen molar-refractivity contribution in [3.63, 3.8) is 0 Å². The van der Waals surface area contributed by atoms with Crippen LogP contribution in [-0.2, 0) is 4.74 Å². The zero-order valence-corrected chi connectivity index (χ0v) is 10.2. The summed E-state index contributed by atoms with van der Waals surface area (Å²) in [6, 6.07) is 8.05. The third-order valence-corrected chi connectivity index (χ3v) is 3.38. The first kappa shape index (κ1) is 10.8. The van der Waals surface area contributed by atoms with Crippen LogP contribution >= 0.6 is 11.6 Å². The molecule has 0 aliphatic carbocycles. The maximum atomic E-state index is 6.18. The summed E-state index contributed by atoms with van der Waals surface area (Å²) < 4.78 is 5.35. The van der Waals surface area contributed by atoms with Crippen molar-refractivity contribution in [1.82, 2.24) is 4.98 Å². The first-order valence-corrected chi connectivity index (χ1v) is 6.09. The average Bonchev–Trinajstić information content (AvgIpc) is 2.40. The van der Waals surface area contributed by atoms with E-state index in [0.717, 1.165) is 42.2 Å². The third-order valence-electron chi connectivity index (χ3n) is 3.05. The quantitative estimate of drug-likeness (QED) is 0.776. The number of anilines is 1. The molecule has 1 saturated heterocycles. The van der Waals surface area contributed by atoms with E-state index in [9.17, 15) is 0 Å². The molecule has 0 unspecified atom stereocenters. The number of aromatic nitrogens is 1. The van der Waals surface area contributed by atoms with Crippen LogP contribution in [0.5, 0.6) is 0 Å². The molecule has 0 amide bonds. The van der Waals surface area contributed by atoms with Gasteiger partial charge in [-0.2, -0.15) is 0 Å².